The van der Waals surface area contributed by atoms with Gasteiger partial charge in [0.1, 0.15) is 17.8 Å². The molecule has 3 atom stereocenters. The Morgan fingerprint density at radius 2 is 1.96 bits per heavy atom. The van der Waals surface area contributed by atoms with E-state index in [1.807, 2.05) is 27.7 Å². The van der Waals surface area contributed by atoms with Gasteiger partial charge in [0.25, 0.3) is 7.41 Å². The van der Waals surface area contributed by atoms with Gasteiger partial charge in [0.05, 0.1) is 11.1 Å². The Kier molecular flexibility index (Phi) is 7.14. The molecule has 3 unspecified atom stereocenters. The summed E-state index contributed by atoms with van der Waals surface area (Å²) in [5.41, 5.74) is -1.15. The van der Waals surface area contributed by atoms with Crippen molar-refractivity contribution in [1.82, 2.24) is 10.1 Å². The molecule has 0 aromatic rings. The van der Waals surface area contributed by atoms with E-state index in [-0.39, 0.29) is 24.8 Å². The Morgan fingerprint density at radius 1 is 1.30 bits per heavy atom. The van der Waals surface area contributed by atoms with E-state index < -0.39 is 11.1 Å². The summed E-state index contributed by atoms with van der Waals surface area (Å²) >= 11 is 0. The first-order chi connectivity index (χ1) is 10.7. The molecule has 1 saturated heterocycles. The molecule has 130 valence electrons. The highest BCUT2D eigenvalue weighted by Gasteiger charge is 2.40. The number of rotatable bonds is 9. The van der Waals surface area contributed by atoms with Crippen LogP contribution in [0.3, 0.4) is 0 Å². The lowest BCUT2D eigenvalue weighted by molar-refractivity contribution is -0.126. The van der Waals surface area contributed by atoms with Gasteiger partial charge in [-0.2, -0.15) is 0 Å². The second kappa shape index (κ2) is 8.20. The van der Waals surface area contributed by atoms with Crippen LogP contribution in [0.5, 0.6) is 0 Å². The minimum Gasteiger partial charge on any atom is -0.341 e. The molecule has 1 aliphatic heterocycles. The first kappa shape index (κ1) is 20.0. The van der Waals surface area contributed by atoms with Crippen LogP contribution < -0.4 is 5.23 Å². The molecule has 1 rings (SSSR count). The van der Waals surface area contributed by atoms with Crippen LogP contribution in [0.25, 0.3) is 0 Å². The van der Waals surface area contributed by atoms with Gasteiger partial charge in [-0.15, -0.1) is 0 Å². The summed E-state index contributed by atoms with van der Waals surface area (Å²) in [4.78, 5) is 37.9. The summed E-state index contributed by atoms with van der Waals surface area (Å²) in [7, 11) is 0.177. The number of piperidine rings is 1. The van der Waals surface area contributed by atoms with Gasteiger partial charge in [-0.05, 0) is 53.0 Å². The molecule has 0 aromatic carbocycles. The topological polar surface area (TPSA) is 66.5 Å². The maximum Gasteiger partial charge on any atom is 0.286 e. The van der Waals surface area contributed by atoms with Crippen molar-refractivity contribution < 1.29 is 14.4 Å². The molecular formula is C17H31BN2O3. The van der Waals surface area contributed by atoms with Crippen molar-refractivity contribution in [2.24, 2.45) is 5.92 Å². The van der Waals surface area contributed by atoms with Gasteiger partial charge >= 0.3 is 0 Å². The second-order valence-corrected chi connectivity index (χ2v) is 7.13. The fourth-order valence-corrected chi connectivity index (χ4v) is 3.13. The Hall–Kier alpha value is -1.01. The smallest absolute Gasteiger partial charge is 0.286 e. The van der Waals surface area contributed by atoms with Gasteiger partial charge in [-0.3, -0.25) is 9.69 Å². The zero-order valence-electron chi connectivity index (χ0n) is 15.3. The third-order valence-corrected chi connectivity index (χ3v) is 5.76. The molecule has 0 radical (unpaired) electrons. The van der Waals surface area contributed by atoms with Crippen molar-refractivity contribution in [3.8, 4) is 0 Å². The Labute approximate surface area is 140 Å². The van der Waals surface area contributed by atoms with Crippen LogP contribution >= 0.6 is 0 Å². The number of nitrogens with zero attached hydrogens (tertiary/aromatic N) is 1. The van der Waals surface area contributed by atoms with Gasteiger partial charge in [0, 0.05) is 12.5 Å². The van der Waals surface area contributed by atoms with Crippen molar-refractivity contribution in [2.45, 2.75) is 71.4 Å². The molecule has 0 aromatic heterocycles. The van der Waals surface area contributed by atoms with Gasteiger partial charge in [-0.25, -0.2) is 0 Å². The standard InChI is InChI=1S/C17H31BN2O3/c1-6-16(4,13(3)22)19-18-15(23)17(5,7-2)20-10-8-9-14(11-20)12-21/h12,14,18-19H,6-11H2,1-5H3. The summed E-state index contributed by atoms with van der Waals surface area (Å²) in [5.74, 6) is 0.0681. The lowest BCUT2D eigenvalue weighted by Gasteiger charge is -2.44. The van der Waals surface area contributed by atoms with Crippen LogP contribution in [0.15, 0.2) is 0 Å². The number of carbonyl (C=O) groups is 3. The lowest BCUT2D eigenvalue weighted by atomic mass is 9.69. The molecule has 0 saturated carbocycles. The maximum atomic E-state index is 12.9. The molecule has 0 amide bonds. The second-order valence-electron chi connectivity index (χ2n) is 7.13. The normalized spacial score (nSPS) is 24.3. The number of nitrogens with one attached hydrogen (secondary N) is 1. The number of aldehydes is 1. The highest BCUT2D eigenvalue weighted by Crippen LogP contribution is 2.27. The van der Waals surface area contributed by atoms with E-state index >= 15 is 0 Å². The Bertz CT molecular complexity index is 457. The van der Waals surface area contributed by atoms with Crippen molar-refractivity contribution in [2.75, 3.05) is 13.1 Å². The first-order valence-corrected chi connectivity index (χ1v) is 8.73. The van der Waals surface area contributed by atoms with Gasteiger partial charge in [-0.1, -0.05) is 13.8 Å². The van der Waals surface area contributed by atoms with Crippen LogP contribution in [-0.2, 0) is 14.4 Å². The predicted octanol–water partition coefficient (Wildman–Crippen LogP) is 1.29. The van der Waals surface area contributed by atoms with Crippen molar-refractivity contribution >= 4 is 25.2 Å². The number of hydrogen-bond donors (Lipinski definition) is 1. The van der Waals surface area contributed by atoms with E-state index in [1.165, 1.54) is 0 Å². The molecule has 1 N–H and O–H groups in total. The average molecular weight is 322 g/mol. The summed E-state index contributed by atoms with van der Waals surface area (Å²) in [6.07, 6.45) is 4.20. The predicted molar refractivity (Wildman–Crippen MR) is 93.7 cm³/mol. The molecule has 1 aliphatic rings. The van der Waals surface area contributed by atoms with E-state index in [9.17, 15) is 14.4 Å². The fraction of sp³-hybridized carbons (Fsp3) is 0.824. The monoisotopic (exact) mass is 322 g/mol. The fourth-order valence-electron chi connectivity index (χ4n) is 3.13. The van der Waals surface area contributed by atoms with Crippen molar-refractivity contribution in [1.29, 1.82) is 0 Å². The van der Waals surface area contributed by atoms with Crippen LogP contribution in [0.2, 0.25) is 0 Å². The van der Waals surface area contributed by atoms with Crippen molar-refractivity contribution in [3.63, 3.8) is 0 Å². The third-order valence-electron chi connectivity index (χ3n) is 5.76. The minimum absolute atomic E-state index is 0.0218. The molecule has 0 bridgehead atoms. The summed E-state index contributed by atoms with van der Waals surface area (Å²) in [5, 5.41) is 3.15. The molecule has 6 heteroatoms. The minimum atomic E-state index is -0.655. The molecule has 5 nitrogen and oxygen atoms in total. The van der Waals surface area contributed by atoms with Crippen molar-refractivity contribution in [3.05, 3.63) is 0 Å². The molecule has 1 heterocycles. The van der Waals surface area contributed by atoms with E-state index in [2.05, 4.69) is 10.1 Å². The molecular weight excluding hydrogens is 291 g/mol. The van der Waals surface area contributed by atoms with Crippen LogP contribution in [0.1, 0.15) is 60.3 Å². The van der Waals surface area contributed by atoms with E-state index in [0.29, 0.717) is 19.4 Å². The zero-order chi connectivity index (χ0) is 17.7. The zero-order valence-corrected chi connectivity index (χ0v) is 15.3. The largest absolute Gasteiger partial charge is 0.341 e. The SMILES string of the molecule is CCC(C)(NBC(=O)C(C)(CC)N1CCCC(C=O)C1)C(C)=O. The number of likely N-dealkylation sites (tertiary alicyclic amines) is 1. The number of carbonyl (C=O) groups excluding carboxylic acids is 3. The maximum absolute atomic E-state index is 12.9. The van der Waals surface area contributed by atoms with Gasteiger partial charge < -0.3 is 14.8 Å². The Morgan fingerprint density at radius 3 is 2.43 bits per heavy atom. The van der Waals surface area contributed by atoms with Gasteiger partial charge in [0.2, 0.25) is 0 Å². The third kappa shape index (κ3) is 4.51. The van der Waals surface area contributed by atoms with Crippen LogP contribution in [0, 0.1) is 5.92 Å². The molecule has 23 heavy (non-hydrogen) atoms. The number of ketones is 1. The van der Waals surface area contributed by atoms with Gasteiger partial charge in [0.15, 0.2) is 0 Å². The quantitative estimate of drug-likeness (QED) is 0.512. The molecule has 0 aliphatic carbocycles. The molecule has 1 fully saturated rings. The average Bonchev–Trinajstić information content (AvgIpc) is 2.58. The van der Waals surface area contributed by atoms with Crippen LogP contribution in [-0.4, -0.2) is 54.2 Å². The molecule has 0 spiro atoms. The van der Waals surface area contributed by atoms with E-state index in [4.69, 9.17) is 0 Å². The summed E-state index contributed by atoms with van der Waals surface area (Å²) < 4.78 is 0. The summed E-state index contributed by atoms with van der Waals surface area (Å²) in [6.45, 7) is 10.8. The number of hydrogen-bond acceptors (Lipinski definition) is 5. The highest BCUT2D eigenvalue weighted by atomic mass is 16.1. The van der Waals surface area contributed by atoms with E-state index in [1.54, 1.807) is 6.92 Å². The number of Topliss-reactive ketones (excluding diaryl/α,β-unsaturated/α-hetero) is 1. The van der Waals surface area contributed by atoms with Crippen LogP contribution in [0.4, 0.5) is 0 Å². The Balaban J connectivity index is 2.80. The lowest BCUT2D eigenvalue weighted by Crippen LogP contribution is -2.61. The summed E-state index contributed by atoms with van der Waals surface area (Å²) in [6, 6.07) is 0. The highest BCUT2D eigenvalue weighted by molar-refractivity contribution is 6.74. The van der Waals surface area contributed by atoms with E-state index in [0.717, 1.165) is 25.7 Å². The first-order valence-electron chi connectivity index (χ1n) is 8.73.